The lowest BCUT2D eigenvalue weighted by atomic mass is 9.91. The molecule has 1 aliphatic rings. The molecular weight excluding hydrogens is 597 g/mol. The molecule has 0 saturated heterocycles. The van der Waals surface area contributed by atoms with Crippen LogP contribution in [-0.2, 0) is 12.7 Å². The minimum Gasteiger partial charge on any atom is -0.367 e. The Morgan fingerprint density at radius 1 is 0.911 bits per heavy atom. The Morgan fingerprint density at radius 2 is 1.58 bits per heavy atom. The average molecular weight is 627 g/mol. The number of benzene rings is 4. The number of nitrogens with zero attached hydrogens (tertiary/aromatic N) is 2. The van der Waals surface area contributed by atoms with Crippen molar-refractivity contribution in [2.45, 2.75) is 18.6 Å². The first-order valence-electron chi connectivity index (χ1n) is 14.6. The van der Waals surface area contributed by atoms with Crippen LogP contribution in [0.2, 0.25) is 5.02 Å². The molecule has 0 aliphatic carbocycles. The summed E-state index contributed by atoms with van der Waals surface area (Å²) < 4.78 is 41.5. The number of hydrogen-bond acceptors (Lipinski definition) is 4. The van der Waals surface area contributed by atoms with E-state index in [9.17, 15) is 18.0 Å². The van der Waals surface area contributed by atoms with Crippen molar-refractivity contribution in [1.82, 2.24) is 10.3 Å². The highest BCUT2D eigenvalue weighted by molar-refractivity contribution is 6.30. The molecule has 1 aromatic heterocycles. The smallest absolute Gasteiger partial charge is 0.367 e. The van der Waals surface area contributed by atoms with Crippen LogP contribution in [0.15, 0.2) is 115 Å². The van der Waals surface area contributed by atoms with Crippen molar-refractivity contribution < 1.29 is 18.0 Å². The van der Waals surface area contributed by atoms with Gasteiger partial charge in [-0.15, -0.1) is 0 Å². The molecule has 9 heteroatoms. The van der Waals surface area contributed by atoms with Gasteiger partial charge in [0.25, 0.3) is 5.91 Å². The quantitative estimate of drug-likeness (QED) is 0.182. The van der Waals surface area contributed by atoms with Crippen LogP contribution in [0.3, 0.4) is 0 Å². The standard InChI is InChI=1S/C36H30ClF3N4O/c37-28-15-16-32(36(38,39)40)27(19-28)23-44-18-17-41-34-33(44)20-26(21-42-34)29-13-7-8-14-30(29)35(45)43-22-31(24-9-3-1-4-10-24)25-11-5-2-6-12-25/h1-16,19-21,31H,17-18,22-23H2,(H,41,42)(H,43,45). The number of amides is 1. The second-order valence-electron chi connectivity index (χ2n) is 10.9. The van der Waals surface area contributed by atoms with Crippen LogP contribution in [0.5, 0.6) is 0 Å². The number of carbonyl (C=O) groups is 1. The van der Waals surface area contributed by atoms with Crippen LogP contribution >= 0.6 is 11.6 Å². The highest BCUT2D eigenvalue weighted by Gasteiger charge is 2.34. The van der Waals surface area contributed by atoms with Gasteiger partial charge in [0, 0.05) is 54.4 Å². The molecule has 1 amide bonds. The number of anilines is 2. The maximum absolute atomic E-state index is 13.8. The molecule has 228 valence electrons. The van der Waals surface area contributed by atoms with Gasteiger partial charge in [-0.2, -0.15) is 13.2 Å². The van der Waals surface area contributed by atoms with Crippen LogP contribution in [0.4, 0.5) is 24.7 Å². The maximum Gasteiger partial charge on any atom is 0.416 e. The second kappa shape index (κ2) is 13.0. The van der Waals surface area contributed by atoms with Crippen molar-refractivity contribution in [2.75, 3.05) is 29.9 Å². The van der Waals surface area contributed by atoms with Gasteiger partial charge in [0.15, 0.2) is 0 Å². The van der Waals surface area contributed by atoms with Gasteiger partial charge >= 0.3 is 6.18 Å². The number of rotatable bonds is 8. The van der Waals surface area contributed by atoms with E-state index in [0.29, 0.717) is 47.8 Å². The summed E-state index contributed by atoms with van der Waals surface area (Å²) in [5.74, 6) is 0.293. The molecule has 5 aromatic rings. The first kappa shape index (κ1) is 30.2. The van der Waals surface area contributed by atoms with Gasteiger partial charge in [-0.1, -0.05) is 90.5 Å². The number of aromatic nitrogens is 1. The number of carbonyl (C=O) groups excluding carboxylic acids is 1. The highest BCUT2D eigenvalue weighted by atomic mass is 35.5. The Labute approximate surface area is 264 Å². The van der Waals surface area contributed by atoms with Gasteiger partial charge in [-0.05, 0) is 52.6 Å². The molecule has 0 atom stereocenters. The molecule has 0 spiro atoms. The summed E-state index contributed by atoms with van der Waals surface area (Å²) in [5.41, 5.74) is 4.03. The van der Waals surface area contributed by atoms with Crippen LogP contribution in [-0.4, -0.2) is 30.5 Å². The molecule has 2 heterocycles. The summed E-state index contributed by atoms with van der Waals surface area (Å²) in [4.78, 5) is 20.1. The van der Waals surface area contributed by atoms with Crippen molar-refractivity contribution in [3.63, 3.8) is 0 Å². The van der Waals surface area contributed by atoms with Crippen molar-refractivity contribution in [3.05, 3.63) is 148 Å². The number of hydrogen-bond donors (Lipinski definition) is 2. The monoisotopic (exact) mass is 626 g/mol. The second-order valence-corrected chi connectivity index (χ2v) is 11.3. The first-order chi connectivity index (χ1) is 21.8. The molecule has 45 heavy (non-hydrogen) atoms. The molecule has 0 saturated carbocycles. The van der Waals surface area contributed by atoms with E-state index in [0.717, 1.165) is 17.2 Å². The van der Waals surface area contributed by atoms with Gasteiger partial charge in [0.1, 0.15) is 5.82 Å². The normalized spacial score (nSPS) is 12.9. The Balaban J connectivity index is 1.28. The Bertz CT molecular complexity index is 1760. The van der Waals surface area contributed by atoms with Crippen molar-refractivity contribution in [1.29, 1.82) is 0 Å². The summed E-state index contributed by atoms with van der Waals surface area (Å²) in [6, 6.07) is 32.9. The third-order valence-corrected chi connectivity index (χ3v) is 8.20. The lowest BCUT2D eigenvalue weighted by molar-refractivity contribution is -0.138. The number of halogens is 4. The van der Waals surface area contributed by atoms with E-state index >= 15 is 0 Å². The predicted molar refractivity (Wildman–Crippen MR) is 173 cm³/mol. The molecule has 2 N–H and O–H groups in total. The number of alkyl halides is 3. The van der Waals surface area contributed by atoms with Gasteiger partial charge in [0.05, 0.1) is 11.3 Å². The van der Waals surface area contributed by atoms with Crippen LogP contribution in [0, 0.1) is 0 Å². The highest BCUT2D eigenvalue weighted by Crippen LogP contribution is 2.38. The third-order valence-electron chi connectivity index (χ3n) is 7.97. The summed E-state index contributed by atoms with van der Waals surface area (Å²) in [7, 11) is 0. The van der Waals surface area contributed by atoms with E-state index in [1.165, 1.54) is 12.1 Å². The molecule has 0 unspecified atom stereocenters. The molecule has 1 aliphatic heterocycles. The number of nitrogens with one attached hydrogen (secondary N) is 2. The Kier molecular flexibility index (Phi) is 8.76. The summed E-state index contributed by atoms with van der Waals surface area (Å²) in [5, 5.41) is 6.61. The maximum atomic E-state index is 13.8. The molecular formula is C36H30ClF3N4O. The van der Waals surface area contributed by atoms with Crippen LogP contribution in [0.25, 0.3) is 11.1 Å². The van der Waals surface area contributed by atoms with Crippen LogP contribution < -0.4 is 15.5 Å². The zero-order valence-corrected chi connectivity index (χ0v) is 24.9. The van der Waals surface area contributed by atoms with Crippen LogP contribution in [0.1, 0.15) is 38.5 Å². The Hall–Kier alpha value is -4.82. The lowest BCUT2D eigenvalue weighted by Gasteiger charge is -2.32. The van der Waals surface area contributed by atoms with Crippen molar-refractivity contribution in [2.24, 2.45) is 0 Å². The minimum atomic E-state index is -4.51. The minimum absolute atomic E-state index is 0.00227. The van der Waals surface area contributed by atoms with Gasteiger partial charge in [-0.3, -0.25) is 4.79 Å². The zero-order chi connectivity index (χ0) is 31.4. The SMILES string of the molecule is O=C(NCC(c1ccccc1)c1ccccc1)c1ccccc1-c1cnc2c(c1)N(Cc1cc(Cl)ccc1C(F)(F)F)CCN2. The molecule has 0 fully saturated rings. The fraction of sp³-hybridized carbons (Fsp3) is 0.167. The van der Waals surface area contributed by atoms with Crippen molar-refractivity contribution >= 4 is 29.0 Å². The van der Waals surface area contributed by atoms with Gasteiger partial charge in [0.2, 0.25) is 0 Å². The van der Waals surface area contributed by atoms with E-state index < -0.39 is 11.7 Å². The molecule has 5 nitrogen and oxygen atoms in total. The number of fused-ring (bicyclic) bond motifs is 1. The van der Waals surface area contributed by atoms with E-state index in [2.05, 4.69) is 39.9 Å². The van der Waals surface area contributed by atoms with E-state index in [-0.39, 0.29) is 29.0 Å². The summed E-state index contributed by atoms with van der Waals surface area (Å²) in [6.07, 6.45) is -2.83. The summed E-state index contributed by atoms with van der Waals surface area (Å²) in [6.45, 7) is 1.37. The zero-order valence-electron chi connectivity index (χ0n) is 24.2. The topological polar surface area (TPSA) is 57.3 Å². The molecule has 0 radical (unpaired) electrons. The first-order valence-corrected chi connectivity index (χ1v) is 15.0. The average Bonchev–Trinajstić information content (AvgIpc) is 3.05. The Morgan fingerprint density at radius 3 is 2.27 bits per heavy atom. The third kappa shape index (κ3) is 6.81. The number of pyridine rings is 1. The van der Waals surface area contributed by atoms with E-state index in [1.54, 1.807) is 12.3 Å². The van der Waals surface area contributed by atoms with E-state index in [1.807, 2.05) is 65.6 Å². The van der Waals surface area contributed by atoms with E-state index in [4.69, 9.17) is 11.6 Å². The fourth-order valence-corrected chi connectivity index (χ4v) is 5.96. The molecule has 6 rings (SSSR count). The summed E-state index contributed by atoms with van der Waals surface area (Å²) >= 11 is 6.10. The van der Waals surface area contributed by atoms with Crippen molar-refractivity contribution in [3.8, 4) is 11.1 Å². The largest absolute Gasteiger partial charge is 0.416 e. The molecule has 0 bridgehead atoms. The van der Waals surface area contributed by atoms with Gasteiger partial charge < -0.3 is 15.5 Å². The lowest BCUT2D eigenvalue weighted by Crippen LogP contribution is -2.34. The molecule has 4 aromatic carbocycles. The predicted octanol–water partition coefficient (Wildman–Crippen LogP) is 8.41. The van der Waals surface area contributed by atoms with Gasteiger partial charge in [-0.25, -0.2) is 4.98 Å². The fourth-order valence-electron chi connectivity index (χ4n) is 5.77.